The van der Waals surface area contributed by atoms with E-state index >= 15 is 0 Å². The first-order valence-corrected chi connectivity index (χ1v) is 21.5. The predicted molar refractivity (Wildman–Crippen MR) is 222 cm³/mol. The number of hydrogen-bond donors (Lipinski definition) is 0. The van der Waals surface area contributed by atoms with Gasteiger partial charge in [-0.15, -0.1) is 45.3 Å². The van der Waals surface area contributed by atoms with Crippen molar-refractivity contribution in [2.45, 2.75) is 0 Å². The molecule has 0 aliphatic heterocycles. The van der Waals surface area contributed by atoms with Crippen molar-refractivity contribution in [1.29, 1.82) is 0 Å². The Morgan fingerprint density at radius 1 is 0.294 bits per heavy atom. The van der Waals surface area contributed by atoms with Gasteiger partial charge in [0.25, 0.3) is 0 Å². The van der Waals surface area contributed by atoms with Gasteiger partial charge in [0.15, 0.2) is 0 Å². The lowest BCUT2D eigenvalue weighted by atomic mass is 10.0. The minimum Gasteiger partial charge on any atom is -0.373 e. The highest BCUT2D eigenvalue weighted by molar-refractivity contribution is 7.29. The second-order valence-corrected chi connectivity index (χ2v) is 19.2. The topological polar surface area (TPSA) is 27.7 Å². The van der Waals surface area contributed by atoms with Crippen LogP contribution >= 0.6 is 45.3 Å². The zero-order valence-corrected chi connectivity index (χ0v) is 32.6. The molecule has 8 rings (SSSR count). The SMILES string of the molecule is CO[Si](OC)(OC)c1ccc(-c2ccc(-c3ccc(-c4ccc(-c5ccc(-c6ccc(-c7ccc(-c8ccccc8)cc7)s6)s5)s4)s3)cc2)cc1. The summed E-state index contributed by atoms with van der Waals surface area (Å²) in [5.41, 5.74) is 7.27. The molecule has 252 valence electrons. The molecule has 4 aromatic heterocycles. The van der Waals surface area contributed by atoms with Crippen LogP contribution in [0, 0.1) is 0 Å². The fourth-order valence-corrected chi connectivity index (χ4v) is 12.3. The van der Waals surface area contributed by atoms with Crippen LogP contribution in [0.2, 0.25) is 0 Å². The van der Waals surface area contributed by atoms with Crippen LogP contribution in [-0.4, -0.2) is 30.1 Å². The molecular weight excluding hydrogens is 721 g/mol. The van der Waals surface area contributed by atoms with E-state index in [1.54, 1.807) is 21.3 Å². The second kappa shape index (κ2) is 14.8. The molecule has 0 aliphatic carbocycles. The predicted octanol–water partition coefficient (Wildman–Crippen LogP) is 12.7. The number of hydrogen-bond acceptors (Lipinski definition) is 7. The van der Waals surface area contributed by atoms with E-state index < -0.39 is 8.80 Å². The summed E-state index contributed by atoms with van der Waals surface area (Å²) in [7, 11) is 2.05. The molecule has 0 radical (unpaired) electrons. The molecule has 4 heterocycles. The lowest BCUT2D eigenvalue weighted by Gasteiger charge is -2.24. The molecule has 0 aliphatic rings. The Bertz CT molecular complexity index is 2350. The van der Waals surface area contributed by atoms with E-state index in [0.717, 1.165) is 16.3 Å². The number of thiophene rings is 4. The number of rotatable bonds is 11. The van der Waals surface area contributed by atoms with Gasteiger partial charge in [-0.05, 0) is 81.9 Å². The largest absolute Gasteiger partial charge is 0.536 e. The molecule has 0 saturated carbocycles. The Morgan fingerprint density at radius 2 is 0.569 bits per heavy atom. The Morgan fingerprint density at radius 3 is 0.922 bits per heavy atom. The van der Waals surface area contributed by atoms with Crippen LogP contribution in [0.5, 0.6) is 0 Å². The highest BCUT2D eigenvalue weighted by Crippen LogP contribution is 2.45. The molecule has 0 saturated heterocycles. The second-order valence-electron chi connectivity index (χ2n) is 11.9. The van der Waals surface area contributed by atoms with E-state index in [1.807, 2.05) is 57.5 Å². The summed E-state index contributed by atoms with van der Waals surface area (Å²) in [5, 5.41) is 0.941. The molecule has 8 heteroatoms. The molecular formula is C43H34O3S4Si. The fourth-order valence-electron chi connectivity index (χ4n) is 6.21. The van der Waals surface area contributed by atoms with Crippen LogP contribution in [0.25, 0.3) is 72.4 Å². The molecule has 3 nitrogen and oxygen atoms in total. The van der Waals surface area contributed by atoms with Crippen molar-refractivity contribution in [2.24, 2.45) is 0 Å². The lowest BCUT2D eigenvalue weighted by molar-refractivity contribution is 0.140. The fraction of sp³-hybridized carbons (Fsp3) is 0.0698. The van der Waals surface area contributed by atoms with Crippen molar-refractivity contribution in [3.8, 4) is 72.4 Å². The van der Waals surface area contributed by atoms with Crippen molar-refractivity contribution in [3.05, 3.63) is 152 Å². The first-order chi connectivity index (χ1) is 25.1. The van der Waals surface area contributed by atoms with E-state index in [4.69, 9.17) is 13.3 Å². The average Bonchev–Trinajstić information content (AvgIpc) is 4.04. The monoisotopic (exact) mass is 754 g/mol. The molecule has 0 spiro atoms. The van der Waals surface area contributed by atoms with E-state index in [1.165, 1.54) is 61.3 Å². The first-order valence-electron chi connectivity index (χ1n) is 16.5. The third kappa shape index (κ3) is 6.90. The van der Waals surface area contributed by atoms with Gasteiger partial charge in [0, 0.05) is 65.5 Å². The van der Waals surface area contributed by atoms with Crippen molar-refractivity contribution in [3.63, 3.8) is 0 Å². The van der Waals surface area contributed by atoms with Gasteiger partial charge < -0.3 is 13.3 Å². The van der Waals surface area contributed by atoms with Crippen molar-refractivity contribution in [1.82, 2.24) is 0 Å². The third-order valence-electron chi connectivity index (χ3n) is 8.98. The normalized spacial score (nSPS) is 11.7. The molecule has 4 aromatic carbocycles. The van der Waals surface area contributed by atoms with Gasteiger partial charge in [-0.3, -0.25) is 0 Å². The van der Waals surface area contributed by atoms with Crippen molar-refractivity contribution >= 4 is 59.3 Å². The van der Waals surface area contributed by atoms with Crippen LogP contribution in [0.15, 0.2) is 152 Å². The molecule has 0 bridgehead atoms. The van der Waals surface area contributed by atoms with Crippen molar-refractivity contribution in [2.75, 3.05) is 21.3 Å². The van der Waals surface area contributed by atoms with Gasteiger partial charge in [-0.1, -0.05) is 103 Å². The van der Waals surface area contributed by atoms with Crippen LogP contribution in [0.4, 0.5) is 0 Å². The first kappa shape index (κ1) is 33.9. The minimum atomic E-state index is -2.84. The summed E-state index contributed by atoms with van der Waals surface area (Å²) in [6, 6.07) is 54.6. The van der Waals surface area contributed by atoms with Crippen LogP contribution in [-0.2, 0) is 13.3 Å². The van der Waals surface area contributed by atoms with Crippen LogP contribution in [0.1, 0.15) is 0 Å². The molecule has 51 heavy (non-hydrogen) atoms. The third-order valence-corrected chi connectivity index (χ3v) is 16.7. The van der Waals surface area contributed by atoms with Crippen LogP contribution < -0.4 is 5.19 Å². The van der Waals surface area contributed by atoms with Gasteiger partial charge >= 0.3 is 8.80 Å². The van der Waals surface area contributed by atoms with Gasteiger partial charge in [-0.25, -0.2) is 0 Å². The zero-order valence-electron chi connectivity index (χ0n) is 28.3. The molecule has 0 amide bonds. The highest BCUT2D eigenvalue weighted by atomic mass is 32.1. The summed E-state index contributed by atoms with van der Waals surface area (Å²) >= 11 is 7.44. The van der Waals surface area contributed by atoms with E-state index in [2.05, 4.69) is 140 Å². The Kier molecular flexibility index (Phi) is 9.83. The summed E-state index contributed by atoms with van der Waals surface area (Å²) in [6.07, 6.45) is 0. The molecule has 0 N–H and O–H groups in total. The van der Waals surface area contributed by atoms with E-state index in [-0.39, 0.29) is 0 Å². The molecule has 0 fully saturated rings. The maximum absolute atomic E-state index is 5.63. The summed E-state index contributed by atoms with van der Waals surface area (Å²) < 4.78 is 16.9. The quantitative estimate of drug-likeness (QED) is 0.123. The smallest absolute Gasteiger partial charge is 0.373 e. The van der Waals surface area contributed by atoms with E-state index in [9.17, 15) is 0 Å². The maximum Gasteiger partial charge on any atom is 0.536 e. The Balaban J connectivity index is 0.939. The van der Waals surface area contributed by atoms with Gasteiger partial charge in [0.05, 0.1) is 0 Å². The zero-order chi connectivity index (χ0) is 34.8. The Hall–Kier alpha value is -4.22. The standard InChI is InChI=1S/C43H34O3S4Si/c1-44-51(45-2,46-3)35-19-17-32(18-20-35)31-11-15-34(16-12-31)37-22-24-39(48-37)41-26-28-43(50-41)42-27-25-40(49-42)38-23-21-36(47-38)33-13-9-30(10-14-33)29-7-5-4-6-8-29/h4-28H,1-3H3. The van der Waals surface area contributed by atoms with Crippen LogP contribution in [0.3, 0.4) is 0 Å². The lowest BCUT2D eigenvalue weighted by Crippen LogP contribution is -2.54. The van der Waals surface area contributed by atoms with Gasteiger partial charge in [0.2, 0.25) is 0 Å². The minimum absolute atomic E-state index is 0.941. The Labute approximate surface area is 316 Å². The molecule has 0 atom stereocenters. The molecule has 8 aromatic rings. The van der Waals surface area contributed by atoms with Gasteiger partial charge in [0.1, 0.15) is 0 Å². The summed E-state index contributed by atoms with van der Waals surface area (Å²) in [6.45, 7) is 0. The summed E-state index contributed by atoms with van der Waals surface area (Å²) in [5.74, 6) is 0. The average molecular weight is 755 g/mol. The van der Waals surface area contributed by atoms with E-state index in [0.29, 0.717) is 0 Å². The van der Waals surface area contributed by atoms with Gasteiger partial charge in [-0.2, -0.15) is 0 Å². The number of benzene rings is 4. The highest BCUT2D eigenvalue weighted by Gasteiger charge is 2.40. The maximum atomic E-state index is 5.63. The summed E-state index contributed by atoms with van der Waals surface area (Å²) in [4.78, 5) is 10.4. The molecule has 0 unspecified atom stereocenters. The van der Waals surface area contributed by atoms with Crippen molar-refractivity contribution < 1.29 is 13.3 Å².